The van der Waals surface area contributed by atoms with Gasteiger partial charge in [0, 0.05) is 12.6 Å². The first-order chi connectivity index (χ1) is 24.4. The summed E-state index contributed by atoms with van der Waals surface area (Å²) in [5, 5.41) is 6.11. The third-order valence-electron chi connectivity index (χ3n) is 10.1. The number of hydrogen-bond acceptors (Lipinski definition) is 7. The second kappa shape index (κ2) is 21.3. The van der Waals surface area contributed by atoms with E-state index in [0.717, 1.165) is 56.1 Å². The lowest BCUT2D eigenvalue weighted by atomic mass is 9.74. The molecule has 3 amide bonds. The molecule has 2 aromatic carbocycles. The number of fused-ring (bicyclic) bond motifs is 3. The van der Waals surface area contributed by atoms with E-state index in [1.165, 1.54) is 19.3 Å². The van der Waals surface area contributed by atoms with Crippen LogP contribution < -0.4 is 16.4 Å². The smallest absolute Gasteiger partial charge is 0.407 e. The van der Waals surface area contributed by atoms with Gasteiger partial charge in [-0.1, -0.05) is 99.7 Å². The minimum Gasteiger partial charge on any atom is -0.464 e. The molecule has 3 fully saturated rings. The highest BCUT2D eigenvalue weighted by molar-refractivity contribution is 5.89. The van der Waals surface area contributed by atoms with Crippen molar-refractivity contribution in [2.75, 3.05) is 13.2 Å². The number of nitrogens with two attached hydrogens (primary N) is 1. The molecule has 50 heavy (non-hydrogen) atoms. The molecule has 0 unspecified atom stereocenters. The van der Waals surface area contributed by atoms with Crippen molar-refractivity contribution in [1.29, 1.82) is 0 Å². The van der Waals surface area contributed by atoms with Crippen molar-refractivity contribution in [3.63, 3.8) is 0 Å². The van der Waals surface area contributed by atoms with Crippen LogP contribution in [0.2, 0.25) is 0 Å². The molecule has 1 saturated carbocycles. The Morgan fingerprint density at radius 2 is 1.44 bits per heavy atom. The SMILES string of the molecule is CCCCCCCCOC(=O)[C@@H]1C2CCC(CC2)N1C(=O)[C@H](CCCCNC(=O)OCc1ccccc1)N[C@@H](CCc1ccccc1)C(N)=O. The summed E-state index contributed by atoms with van der Waals surface area (Å²) in [7, 11) is 0. The van der Waals surface area contributed by atoms with Crippen LogP contribution in [0.4, 0.5) is 4.79 Å². The molecule has 2 aromatic rings. The number of rotatable bonds is 22. The van der Waals surface area contributed by atoms with E-state index in [2.05, 4.69) is 17.6 Å². The third kappa shape index (κ3) is 12.4. The lowest BCUT2D eigenvalue weighted by molar-refractivity contribution is -0.168. The summed E-state index contributed by atoms with van der Waals surface area (Å²) in [6, 6.07) is 17.2. The molecule has 10 nitrogen and oxygen atoms in total. The predicted octanol–water partition coefficient (Wildman–Crippen LogP) is 6.20. The zero-order valence-electron chi connectivity index (χ0n) is 29.9. The van der Waals surface area contributed by atoms with Gasteiger partial charge in [-0.25, -0.2) is 9.59 Å². The van der Waals surface area contributed by atoms with Crippen LogP contribution in [-0.2, 0) is 36.9 Å². The average Bonchev–Trinajstić information content (AvgIpc) is 3.14. The van der Waals surface area contributed by atoms with Crippen molar-refractivity contribution in [3.05, 3.63) is 71.8 Å². The first-order valence-electron chi connectivity index (χ1n) is 18.9. The highest BCUT2D eigenvalue weighted by atomic mass is 16.5. The maximum Gasteiger partial charge on any atom is 0.407 e. The van der Waals surface area contributed by atoms with Gasteiger partial charge in [-0.15, -0.1) is 0 Å². The van der Waals surface area contributed by atoms with Gasteiger partial charge in [-0.2, -0.15) is 0 Å². The van der Waals surface area contributed by atoms with Gasteiger partial charge in [0.25, 0.3) is 0 Å². The molecular weight excluding hydrogens is 632 g/mol. The minimum absolute atomic E-state index is 0.0409. The molecule has 3 atom stereocenters. The van der Waals surface area contributed by atoms with Gasteiger partial charge in [0.2, 0.25) is 11.8 Å². The normalized spacial score (nSPS) is 19.4. The lowest BCUT2D eigenvalue weighted by Gasteiger charge is -2.51. The van der Waals surface area contributed by atoms with Crippen LogP contribution in [0.1, 0.15) is 108 Å². The number of aryl methyl sites for hydroxylation is 1. The van der Waals surface area contributed by atoms with Crippen molar-refractivity contribution in [3.8, 4) is 0 Å². The summed E-state index contributed by atoms with van der Waals surface area (Å²) in [5.41, 5.74) is 7.87. The Kier molecular flexibility index (Phi) is 16.6. The Morgan fingerprint density at radius 1 is 0.780 bits per heavy atom. The molecule has 2 saturated heterocycles. The zero-order chi connectivity index (χ0) is 35.6. The van der Waals surface area contributed by atoms with Crippen molar-refractivity contribution < 1.29 is 28.7 Å². The number of amides is 3. The summed E-state index contributed by atoms with van der Waals surface area (Å²) in [6.07, 6.45) is 12.3. The number of primary amides is 1. The first-order valence-corrected chi connectivity index (χ1v) is 18.9. The predicted molar refractivity (Wildman–Crippen MR) is 194 cm³/mol. The van der Waals surface area contributed by atoms with Crippen molar-refractivity contribution >= 4 is 23.9 Å². The Balaban J connectivity index is 1.38. The Labute approximate surface area is 298 Å². The Hall–Kier alpha value is -3.92. The molecule has 0 aromatic heterocycles. The van der Waals surface area contributed by atoms with Crippen LogP contribution in [0.25, 0.3) is 0 Å². The number of unbranched alkanes of at least 4 members (excludes halogenated alkanes) is 6. The number of ether oxygens (including phenoxy) is 2. The Morgan fingerprint density at radius 3 is 2.12 bits per heavy atom. The number of carbonyl (C=O) groups excluding carboxylic acids is 4. The van der Waals surface area contributed by atoms with E-state index in [0.29, 0.717) is 45.3 Å². The summed E-state index contributed by atoms with van der Waals surface area (Å²) in [4.78, 5) is 54.9. The van der Waals surface area contributed by atoms with Gasteiger partial charge in [-0.05, 0) is 81.3 Å². The summed E-state index contributed by atoms with van der Waals surface area (Å²) in [5.74, 6) is -0.940. The molecule has 2 heterocycles. The van der Waals surface area contributed by atoms with Crippen molar-refractivity contribution in [1.82, 2.24) is 15.5 Å². The fraction of sp³-hybridized carbons (Fsp3) is 0.600. The number of hydrogen-bond donors (Lipinski definition) is 3. The largest absolute Gasteiger partial charge is 0.464 e. The van der Waals surface area contributed by atoms with Gasteiger partial charge >= 0.3 is 12.1 Å². The van der Waals surface area contributed by atoms with Gasteiger partial charge in [0.05, 0.1) is 18.7 Å². The second-order valence-corrected chi connectivity index (χ2v) is 13.9. The number of nitrogens with one attached hydrogen (secondary N) is 2. The van der Waals surface area contributed by atoms with E-state index in [1.54, 1.807) is 4.90 Å². The Bertz CT molecular complexity index is 1320. The molecule has 0 spiro atoms. The van der Waals surface area contributed by atoms with E-state index >= 15 is 0 Å². The third-order valence-corrected chi connectivity index (χ3v) is 10.1. The maximum absolute atomic E-state index is 14.5. The maximum atomic E-state index is 14.5. The summed E-state index contributed by atoms with van der Waals surface area (Å²) < 4.78 is 11.1. The average molecular weight is 691 g/mol. The van der Waals surface area contributed by atoms with Crippen LogP contribution in [-0.4, -0.2) is 66.1 Å². The molecule has 2 aliphatic heterocycles. The number of alkyl carbamates (subject to hydrolysis) is 1. The molecule has 2 bridgehead atoms. The highest BCUT2D eigenvalue weighted by Crippen LogP contribution is 2.40. The molecule has 0 radical (unpaired) electrons. The highest BCUT2D eigenvalue weighted by Gasteiger charge is 2.49. The molecular formula is C40H58N4O6. The topological polar surface area (TPSA) is 140 Å². The lowest BCUT2D eigenvalue weighted by Crippen LogP contribution is -2.65. The van der Waals surface area contributed by atoms with E-state index in [1.807, 2.05) is 60.7 Å². The molecule has 5 rings (SSSR count). The number of carbonyl (C=O) groups is 4. The molecule has 4 N–H and O–H groups in total. The summed E-state index contributed by atoms with van der Waals surface area (Å²) in [6.45, 7) is 3.12. The van der Waals surface area contributed by atoms with Crippen LogP contribution >= 0.6 is 0 Å². The number of piperidine rings is 2. The quantitative estimate of drug-likeness (QED) is 0.0987. The minimum atomic E-state index is -0.727. The number of nitrogens with zero attached hydrogens (tertiary/aromatic N) is 1. The second-order valence-electron chi connectivity index (χ2n) is 13.9. The van der Waals surface area contributed by atoms with E-state index in [9.17, 15) is 19.2 Å². The molecule has 1 aliphatic carbocycles. The molecule has 3 aliphatic rings. The van der Waals surface area contributed by atoms with Crippen molar-refractivity contribution in [2.24, 2.45) is 11.7 Å². The van der Waals surface area contributed by atoms with E-state index < -0.39 is 30.1 Å². The van der Waals surface area contributed by atoms with Gasteiger partial charge in [0.15, 0.2) is 0 Å². The standard InChI is InChI=1S/C40H58N4O6/c1-2-3-4-5-6-15-28-49-39(47)36-32-22-24-33(25-23-32)44(36)38(46)35(43-34(37(41)45)26-21-30-16-9-7-10-17-30)20-13-14-27-42-40(48)50-29-31-18-11-8-12-19-31/h7-12,16-19,32-36,43H,2-6,13-15,20-29H2,1H3,(H2,41,45)(H,42,48)/t32?,33?,34-,35-,36-/m0/s1. The van der Waals surface area contributed by atoms with Gasteiger partial charge < -0.3 is 25.4 Å². The molecule has 274 valence electrons. The fourth-order valence-electron chi connectivity index (χ4n) is 7.32. The van der Waals surface area contributed by atoms with Crippen molar-refractivity contribution in [2.45, 2.75) is 134 Å². The number of esters is 1. The number of benzene rings is 2. The molecule has 10 heteroatoms. The van der Waals surface area contributed by atoms with E-state index in [-0.39, 0.29) is 30.4 Å². The zero-order valence-corrected chi connectivity index (χ0v) is 29.9. The van der Waals surface area contributed by atoms with E-state index in [4.69, 9.17) is 15.2 Å². The van der Waals surface area contributed by atoms with Crippen LogP contribution in [0, 0.1) is 5.92 Å². The van der Waals surface area contributed by atoms with Gasteiger partial charge in [-0.3, -0.25) is 14.9 Å². The van der Waals surface area contributed by atoms with Crippen LogP contribution in [0.5, 0.6) is 0 Å². The van der Waals surface area contributed by atoms with Crippen LogP contribution in [0.3, 0.4) is 0 Å². The van der Waals surface area contributed by atoms with Crippen LogP contribution in [0.15, 0.2) is 60.7 Å². The van der Waals surface area contributed by atoms with Gasteiger partial charge in [0.1, 0.15) is 12.6 Å². The first kappa shape index (κ1) is 38.9. The fourth-order valence-corrected chi connectivity index (χ4v) is 7.32. The summed E-state index contributed by atoms with van der Waals surface area (Å²) >= 11 is 0. The monoisotopic (exact) mass is 690 g/mol.